The number of hydrogen-bond acceptors (Lipinski definition) is 4. The fourth-order valence-electron chi connectivity index (χ4n) is 2.87. The van der Waals surface area contributed by atoms with Crippen LogP contribution < -0.4 is 4.31 Å². The molecule has 0 aliphatic rings. The lowest BCUT2D eigenvalue weighted by Crippen LogP contribution is -2.37. The minimum absolute atomic E-state index is 0.441. The van der Waals surface area contributed by atoms with Gasteiger partial charge in [-0.15, -0.1) is 11.3 Å². The van der Waals surface area contributed by atoms with E-state index in [9.17, 15) is 8.42 Å². The van der Waals surface area contributed by atoms with Crippen molar-refractivity contribution in [3.63, 3.8) is 0 Å². The Morgan fingerprint density at radius 1 is 1.11 bits per heavy atom. The summed E-state index contributed by atoms with van der Waals surface area (Å²) in [7, 11) is -1.97. The van der Waals surface area contributed by atoms with Crippen molar-refractivity contribution in [1.82, 2.24) is 4.98 Å². The summed E-state index contributed by atoms with van der Waals surface area (Å²) in [5, 5.41) is 2.37. The number of aromatic nitrogens is 1. The highest BCUT2D eigenvalue weighted by Gasteiger charge is 2.30. The zero-order chi connectivity index (χ0) is 19.4. The van der Waals surface area contributed by atoms with E-state index in [4.69, 9.17) is 11.6 Å². The Hall–Kier alpha value is -1.89. The van der Waals surface area contributed by atoms with Crippen molar-refractivity contribution >= 4 is 38.1 Å². The zero-order valence-electron chi connectivity index (χ0n) is 15.2. The summed E-state index contributed by atoms with van der Waals surface area (Å²) in [4.78, 5) is 4.51. The van der Waals surface area contributed by atoms with Crippen molar-refractivity contribution in [3.05, 3.63) is 70.6 Å². The molecule has 1 heterocycles. The Morgan fingerprint density at radius 3 is 2.44 bits per heavy atom. The van der Waals surface area contributed by atoms with E-state index in [1.165, 1.54) is 15.6 Å². The molecule has 0 N–H and O–H groups in total. The molecule has 3 aromatic rings. The Balaban J connectivity index is 1.85. The minimum Gasteiger partial charge on any atom is -0.248 e. The number of hydrogen-bond donors (Lipinski definition) is 0. The van der Waals surface area contributed by atoms with Crippen molar-refractivity contribution in [2.24, 2.45) is 0 Å². The molecule has 0 amide bonds. The molecular weight excluding hydrogens is 400 g/mol. The van der Waals surface area contributed by atoms with Gasteiger partial charge in [-0.3, -0.25) is 0 Å². The van der Waals surface area contributed by atoms with Crippen LogP contribution in [0.25, 0.3) is 11.3 Å². The van der Waals surface area contributed by atoms with Crippen LogP contribution in [0, 0.1) is 0 Å². The van der Waals surface area contributed by atoms with Crippen LogP contribution in [-0.2, 0) is 16.4 Å². The van der Waals surface area contributed by atoms with E-state index in [2.05, 4.69) is 4.98 Å². The third-order valence-corrected chi connectivity index (χ3v) is 8.12. The van der Waals surface area contributed by atoms with Crippen LogP contribution in [0.3, 0.4) is 0 Å². The monoisotopic (exact) mass is 420 g/mol. The van der Waals surface area contributed by atoms with Crippen LogP contribution in [-0.4, -0.2) is 25.7 Å². The quantitative estimate of drug-likeness (QED) is 0.524. The van der Waals surface area contributed by atoms with Gasteiger partial charge in [0.25, 0.3) is 0 Å². The highest BCUT2D eigenvalue weighted by molar-refractivity contribution is 7.93. The number of thiazole rings is 1. The van der Waals surface area contributed by atoms with E-state index in [1.54, 1.807) is 13.1 Å². The molecule has 2 aromatic carbocycles. The van der Waals surface area contributed by atoms with E-state index < -0.39 is 15.3 Å². The lowest BCUT2D eigenvalue weighted by Gasteiger charge is -2.23. The van der Waals surface area contributed by atoms with Gasteiger partial charge in [0.05, 0.1) is 10.9 Å². The number of halogens is 1. The van der Waals surface area contributed by atoms with Gasteiger partial charge >= 0.3 is 0 Å². The van der Waals surface area contributed by atoms with Crippen molar-refractivity contribution < 1.29 is 8.42 Å². The molecule has 0 saturated carbocycles. The first-order chi connectivity index (χ1) is 12.9. The van der Waals surface area contributed by atoms with Gasteiger partial charge in [0.15, 0.2) is 5.13 Å². The van der Waals surface area contributed by atoms with Gasteiger partial charge in [-0.05, 0) is 24.5 Å². The van der Waals surface area contributed by atoms with Crippen LogP contribution in [0.4, 0.5) is 5.13 Å². The van der Waals surface area contributed by atoms with Gasteiger partial charge in [0.2, 0.25) is 10.0 Å². The lowest BCUT2D eigenvalue weighted by molar-refractivity contribution is 0.572. The Kier molecular flexibility index (Phi) is 6.19. The smallest absolute Gasteiger partial charge is 0.239 e. The van der Waals surface area contributed by atoms with Crippen molar-refractivity contribution in [2.75, 3.05) is 11.4 Å². The number of nitrogens with zero attached hydrogens (tertiary/aromatic N) is 2. The van der Waals surface area contributed by atoms with Crippen LogP contribution in [0.5, 0.6) is 0 Å². The molecule has 27 heavy (non-hydrogen) atoms. The average Bonchev–Trinajstić information content (AvgIpc) is 3.16. The molecule has 0 fully saturated rings. The molecule has 1 atom stereocenters. The summed E-state index contributed by atoms with van der Waals surface area (Å²) in [5.74, 6) is 0. The third-order valence-electron chi connectivity index (χ3n) is 4.48. The predicted molar refractivity (Wildman–Crippen MR) is 114 cm³/mol. The summed E-state index contributed by atoms with van der Waals surface area (Å²) in [6.07, 6.45) is 1.01. The Labute approximate surface area is 169 Å². The first kappa shape index (κ1) is 19.9. The first-order valence-corrected chi connectivity index (χ1v) is 11.4. The normalized spacial score (nSPS) is 12.7. The van der Waals surface area contributed by atoms with E-state index in [0.29, 0.717) is 28.7 Å². The molecular formula is C20H21ClN2O2S2. The number of rotatable bonds is 7. The summed E-state index contributed by atoms with van der Waals surface area (Å²) >= 11 is 7.53. The second-order valence-electron chi connectivity index (χ2n) is 6.23. The van der Waals surface area contributed by atoms with Crippen LogP contribution in [0.2, 0.25) is 5.02 Å². The van der Waals surface area contributed by atoms with E-state index in [0.717, 1.165) is 11.1 Å². The second-order valence-corrected chi connectivity index (χ2v) is 9.72. The molecule has 1 aromatic heterocycles. The molecule has 3 rings (SSSR count). The molecule has 0 saturated heterocycles. The van der Waals surface area contributed by atoms with Gasteiger partial charge in [-0.1, -0.05) is 67.1 Å². The van der Waals surface area contributed by atoms with Crippen LogP contribution >= 0.6 is 22.9 Å². The summed E-state index contributed by atoms with van der Waals surface area (Å²) in [5.41, 5.74) is 2.49. The summed E-state index contributed by atoms with van der Waals surface area (Å²) in [6, 6.07) is 17.1. The van der Waals surface area contributed by atoms with E-state index in [1.807, 2.05) is 60.8 Å². The molecule has 0 aliphatic heterocycles. The van der Waals surface area contributed by atoms with Crippen molar-refractivity contribution in [1.29, 1.82) is 0 Å². The maximum Gasteiger partial charge on any atom is 0.239 e. The van der Waals surface area contributed by atoms with Gasteiger partial charge in [-0.2, -0.15) is 0 Å². The Bertz CT molecular complexity index is 1000. The van der Waals surface area contributed by atoms with Crippen molar-refractivity contribution in [3.8, 4) is 11.3 Å². The van der Waals surface area contributed by atoms with E-state index >= 15 is 0 Å². The molecule has 0 spiro atoms. The fraction of sp³-hybridized carbons (Fsp3) is 0.250. The van der Waals surface area contributed by atoms with Crippen LogP contribution in [0.1, 0.15) is 18.9 Å². The van der Waals surface area contributed by atoms with Gasteiger partial charge < -0.3 is 0 Å². The highest BCUT2D eigenvalue weighted by atomic mass is 35.5. The van der Waals surface area contributed by atoms with Gasteiger partial charge in [0, 0.05) is 23.0 Å². The van der Waals surface area contributed by atoms with Gasteiger partial charge in [-0.25, -0.2) is 17.7 Å². The number of sulfonamides is 1. The zero-order valence-corrected chi connectivity index (χ0v) is 17.6. The lowest BCUT2D eigenvalue weighted by atomic mass is 10.1. The predicted octanol–water partition coefficient (Wildman–Crippen LogP) is 5.25. The molecule has 7 heteroatoms. The minimum atomic E-state index is -3.53. The molecule has 0 radical (unpaired) electrons. The molecule has 0 aliphatic carbocycles. The van der Waals surface area contributed by atoms with Crippen LogP contribution in [0.15, 0.2) is 60.0 Å². The maximum atomic E-state index is 13.1. The van der Waals surface area contributed by atoms with Gasteiger partial charge in [0.1, 0.15) is 0 Å². The first-order valence-electron chi connectivity index (χ1n) is 8.65. The maximum absolute atomic E-state index is 13.1. The molecule has 0 bridgehead atoms. The van der Waals surface area contributed by atoms with E-state index in [-0.39, 0.29) is 0 Å². The molecule has 0 unspecified atom stereocenters. The summed E-state index contributed by atoms with van der Waals surface area (Å²) < 4.78 is 27.6. The van der Waals surface area contributed by atoms with Crippen molar-refractivity contribution in [2.45, 2.75) is 25.0 Å². The number of anilines is 1. The molecule has 4 nitrogen and oxygen atoms in total. The Morgan fingerprint density at radius 2 is 1.78 bits per heavy atom. The third kappa shape index (κ3) is 4.34. The highest BCUT2D eigenvalue weighted by Crippen LogP contribution is 2.33. The SMILES string of the molecule is CC[C@H](Cc1ccccc1)S(=O)(=O)N(C)c1nc(-c2ccccc2Cl)cs1. The summed E-state index contributed by atoms with van der Waals surface area (Å²) in [6.45, 7) is 1.90. The molecule has 142 valence electrons. The standard InChI is InChI=1S/C20H21ClN2O2S2/c1-3-16(13-15-9-5-4-6-10-15)27(24,25)23(2)20-22-19(14-26-20)17-11-7-8-12-18(17)21/h4-12,14,16H,3,13H2,1-2H3/t16-/m1/s1. The largest absolute Gasteiger partial charge is 0.248 e. The fourth-order valence-corrected chi connectivity index (χ4v) is 5.77. The second kappa shape index (κ2) is 8.42. The number of benzene rings is 2. The topological polar surface area (TPSA) is 50.3 Å². The average molecular weight is 421 g/mol.